The molecular weight excluding hydrogens is 184 g/mol. The average Bonchev–Trinajstić information content (AvgIpc) is 2.65. The molecule has 0 aromatic heterocycles. The van der Waals surface area contributed by atoms with Crippen LogP contribution in [0.15, 0.2) is 0 Å². The Morgan fingerprint density at radius 3 is 2.47 bits per heavy atom. The van der Waals surface area contributed by atoms with Crippen molar-refractivity contribution in [2.75, 3.05) is 13.1 Å². The van der Waals surface area contributed by atoms with Gasteiger partial charge in [-0.15, -0.1) is 0 Å². The summed E-state index contributed by atoms with van der Waals surface area (Å²) in [4.78, 5) is 2.71. The number of likely N-dealkylation sites (N-methyl/N-ethyl adjacent to an activating group) is 1. The zero-order chi connectivity index (χ0) is 11.4. The molecule has 0 aromatic rings. The van der Waals surface area contributed by atoms with Gasteiger partial charge in [0.15, 0.2) is 0 Å². The quantitative estimate of drug-likeness (QED) is 0.753. The zero-order valence-corrected chi connectivity index (χ0v) is 11.1. The van der Waals surface area contributed by atoms with Gasteiger partial charge in [0.05, 0.1) is 0 Å². The highest BCUT2D eigenvalue weighted by atomic mass is 15.2. The molecule has 1 fully saturated rings. The summed E-state index contributed by atoms with van der Waals surface area (Å²) < 4.78 is 0. The molecule has 1 aliphatic heterocycles. The van der Waals surface area contributed by atoms with Crippen LogP contribution in [0.4, 0.5) is 0 Å². The second kappa shape index (κ2) is 5.86. The van der Waals surface area contributed by atoms with Crippen LogP contribution in [0.25, 0.3) is 0 Å². The van der Waals surface area contributed by atoms with Gasteiger partial charge < -0.3 is 5.32 Å². The van der Waals surface area contributed by atoms with E-state index in [1.807, 2.05) is 0 Å². The Morgan fingerprint density at radius 1 is 1.27 bits per heavy atom. The SMILES string of the molecule is CCNC(C)C(C)N1CCCC1C(C)C. The maximum atomic E-state index is 3.54. The summed E-state index contributed by atoms with van der Waals surface area (Å²) in [6.45, 7) is 13.9. The third-order valence-corrected chi connectivity index (χ3v) is 3.88. The van der Waals surface area contributed by atoms with Crippen molar-refractivity contribution < 1.29 is 0 Å². The van der Waals surface area contributed by atoms with E-state index >= 15 is 0 Å². The van der Waals surface area contributed by atoms with Gasteiger partial charge in [0.2, 0.25) is 0 Å². The van der Waals surface area contributed by atoms with Gasteiger partial charge in [-0.25, -0.2) is 0 Å². The second-order valence-electron chi connectivity index (χ2n) is 5.28. The lowest BCUT2D eigenvalue weighted by Gasteiger charge is -2.36. The summed E-state index contributed by atoms with van der Waals surface area (Å²) in [7, 11) is 0. The molecule has 3 unspecified atom stereocenters. The topological polar surface area (TPSA) is 15.3 Å². The van der Waals surface area contributed by atoms with Crippen molar-refractivity contribution in [3.05, 3.63) is 0 Å². The number of nitrogens with one attached hydrogen (secondary N) is 1. The summed E-state index contributed by atoms with van der Waals surface area (Å²) >= 11 is 0. The molecule has 0 bridgehead atoms. The smallest absolute Gasteiger partial charge is 0.0221 e. The highest BCUT2D eigenvalue weighted by Crippen LogP contribution is 2.26. The van der Waals surface area contributed by atoms with Crippen LogP contribution >= 0.6 is 0 Å². The number of likely N-dealkylation sites (tertiary alicyclic amines) is 1. The Morgan fingerprint density at radius 2 is 1.93 bits per heavy atom. The lowest BCUT2D eigenvalue weighted by atomic mass is 9.99. The van der Waals surface area contributed by atoms with E-state index in [4.69, 9.17) is 0 Å². The molecular formula is C13H28N2. The van der Waals surface area contributed by atoms with Crippen molar-refractivity contribution in [2.24, 2.45) is 5.92 Å². The van der Waals surface area contributed by atoms with Crippen LogP contribution in [0.5, 0.6) is 0 Å². The molecule has 2 heteroatoms. The lowest BCUT2D eigenvalue weighted by Crippen LogP contribution is -2.49. The van der Waals surface area contributed by atoms with Gasteiger partial charge in [0, 0.05) is 18.1 Å². The van der Waals surface area contributed by atoms with Gasteiger partial charge in [-0.05, 0) is 45.7 Å². The summed E-state index contributed by atoms with van der Waals surface area (Å²) in [5.41, 5.74) is 0. The molecule has 3 atom stereocenters. The molecule has 15 heavy (non-hydrogen) atoms. The van der Waals surface area contributed by atoms with E-state index in [-0.39, 0.29) is 0 Å². The number of hydrogen-bond donors (Lipinski definition) is 1. The monoisotopic (exact) mass is 212 g/mol. The molecule has 0 amide bonds. The highest BCUT2D eigenvalue weighted by molar-refractivity contribution is 4.88. The van der Waals surface area contributed by atoms with E-state index in [1.54, 1.807) is 0 Å². The van der Waals surface area contributed by atoms with E-state index in [9.17, 15) is 0 Å². The minimum Gasteiger partial charge on any atom is -0.313 e. The maximum Gasteiger partial charge on any atom is 0.0221 e. The van der Waals surface area contributed by atoms with Crippen LogP contribution in [0, 0.1) is 5.92 Å². The van der Waals surface area contributed by atoms with Gasteiger partial charge in [0.25, 0.3) is 0 Å². The first-order valence-corrected chi connectivity index (χ1v) is 6.57. The zero-order valence-electron chi connectivity index (χ0n) is 11.1. The second-order valence-corrected chi connectivity index (χ2v) is 5.28. The predicted octanol–water partition coefficient (Wildman–Crippen LogP) is 2.49. The third kappa shape index (κ3) is 3.18. The van der Waals surface area contributed by atoms with Crippen molar-refractivity contribution in [3.8, 4) is 0 Å². The van der Waals surface area contributed by atoms with Crippen molar-refractivity contribution in [1.29, 1.82) is 0 Å². The molecule has 0 radical (unpaired) electrons. The molecule has 0 aliphatic carbocycles. The Labute approximate surface area is 95.4 Å². The summed E-state index contributed by atoms with van der Waals surface area (Å²) in [6, 6.07) is 2.08. The molecule has 1 N–H and O–H groups in total. The molecule has 90 valence electrons. The molecule has 1 saturated heterocycles. The van der Waals surface area contributed by atoms with Crippen molar-refractivity contribution in [3.63, 3.8) is 0 Å². The minimum absolute atomic E-state index is 0.606. The van der Waals surface area contributed by atoms with Crippen LogP contribution < -0.4 is 5.32 Å². The fraction of sp³-hybridized carbons (Fsp3) is 1.00. The average molecular weight is 212 g/mol. The maximum absolute atomic E-state index is 3.54. The Bertz CT molecular complexity index is 179. The number of hydrogen-bond acceptors (Lipinski definition) is 2. The Balaban J connectivity index is 2.53. The Kier molecular flexibility index (Phi) is 5.07. The fourth-order valence-corrected chi connectivity index (χ4v) is 2.82. The number of nitrogens with zero attached hydrogens (tertiary/aromatic N) is 1. The molecule has 0 spiro atoms. The van der Waals surface area contributed by atoms with Crippen LogP contribution in [0.2, 0.25) is 0 Å². The van der Waals surface area contributed by atoms with Gasteiger partial charge in [-0.3, -0.25) is 4.90 Å². The van der Waals surface area contributed by atoms with Crippen LogP contribution in [-0.4, -0.2) is 36.1 Å². The molecule has 2 nitrogen and oxygen atoms in total. The Hall–Kier alpha value is -0.0800. The largest absolute Gasteiger partial charge is 0.313 e. The van der Waals surface area contributed by atoms with E-state index in [0.29, 0.717) is 12.1 Å². The van der Waals surface area contributed by atoms with Gasteiger partial charge in [-0.2, -0.15) is 0 Å². The highest BCUT2D eigenvalue weighted by Gasteiger charge is 2.32. The molecule has 1 rings (SSSR count). The van der Waals surface area contributed by atoms with E-state index < -0.39 is 0 Å². The van der Waals surface area contributed by atoms with Gasteiger partial charge in [-0.1, -0.05) is 20.8 Å². The first kappa shape index (κ1) is 13.0. The van der Waals surface area contributed by atoms with Crippen molar-refractivity contribution >= 4 is 0 Å². The predicted molar refractivity (Wildman–Crippen MR) is 67.2 cm³/mol. The molecule has 1 heterocycles. The van der Waals surface area contributed by atoms with Crippen LogP contribution in [0.1, 0.15) is 47.5 Å². The number of rotatable bonds is 5. The fourth-order valence-electron chi connectivity index (χ4n) is 2.82. The first-order chi connectivity index (χ1) is 7.07. The summed E-state index contributed by atoms with van der Waals surface area (Å²) in [6.07, 6.45) is 2.77. The van der Waals surface area contributed by atoms with Crippen molar-refractivity contribution in [2.45, 2.75) is 65.6 Å². The normalized spacial score (nSPS) is 27.2. The standard InChI is InChI=1S/C13H28N2/c1-6-14-11(4)12(5)15-9-7-8-13(15)10(2)3/h10-14H,6-9H2,1-5H3. The summed E-state index contributed by atoms with van der Waals surface area (Å²) in [5.74, 6) is 0.795. The van der Waals surface area contributed by atoms with E-state index in [1.165, 1.54) is 19.4 Å². The van der Waals surface area contributed by atoms with Crippen LogP contribution in [0.3, 0.4) is 0 Å². The first-order valence-electron chi connectivity index (χ1n) is 6.57. The lowest BCUT2D eigenvalue weighted by molar-refractivity contribution is 0.131. The van der Waals surface area contributed by atoms with Crippen LogP contribution in [-0.2, 0) is 0 Å². The third-order valence-electron chi connectivity index (χ3n) is 3.88. The van der Waals surface area contributed by atoms with E-state index in [0.717, 1.165) is 18.5 Å². The molecule has 0 saturated carbocycles. The van der Waals surface area contributed by atoms with Gasteiger partial charge >= 0.3 is 0 Å². The van der Waals surface area contributed by atoms with Crippen molar-refractivity contribution in [1.82, 2.24) is 10.2 Å². The molecule has 0 aromatic carbocycles. The van der Waals surface area contributed by atoms with E-state index in [2.05, 4.69) is 44.8 Å². The summed E-state index contributed by atoms with van der Waals surface area (Å²) in [5, 5.41) is 3.54. The minimum atomic E-state index is 0.606. The molecule has 1 aliphatic rings. The van der Waals surface area contributed by atoms with Gasteiger partial charge in [0.1, 0.15) is 0 Å².